The summed E-state index contributed by atoms with van der Waals surface area (Å²) in [6.07, 6.45) is 4.39. The summed E-state index contributed by atoms with van der Waals surface area (Å²) in [6, 6.07) is 15.3. The summed E-state index contributed by atoms with van der Waals surface area (Å²) >= 11 is 6.56. The van der Waals surface area contributed by atoms with Gasteiger partial charge in [-0.3, -0.25) is 0 Å². The normalized spacial score (nSPS) is 13.9. The molecule has 7 nitrogen and oxygen atoms in total. The number of ether oxygens (including phenoxy) is 1. The van der Waals surface area contributed by atoms with Gasteiger partial charge in [0.2, 0.25) is 0 Å². The van der Waals surface area contributed by atoms with Crippen LogP contribution in [-0.4, -0.2) is 39.1 Å². The molecule has 0 aliphatic carbocycles. The number of hydrogen-bond donors (Lipinski definition) is 2. The van der Waals surface area contributed by atoms with Crippen molar-refractivity contribution < 1.29 is 14.6 Å². The van der Waals surface area contributed by atoms with E-state index in [2.05, 4.69) is 32.0 Å². The van der Waals surface area contributed by atoms with Gasteiger partial charge >= 0.3 is 12.0 Å². The Balaban J connectivity index is 1.41. The Kier molecular flexibility index (Phi) is 6.11. The molecule has 0 radical (unpaired) electrons. The average Bonchev–Trinajstić information content (AvgIpc) is 3.25. The number of aryl methyl sites for hydroxylation is 1. The smallest absolute Gasteiger partial charge is 0.336 e. The van der Waals surface area contributed by atoms with Crippen LogP contribution in [0.25, 0.3) is 22.4 Å². The summed E-state index contributed by atoms with van der Waals surface area (Å²) < 4.78 is 5.80. The van der Waals surface area contributed by atoms with Crippen LogP contribution in [-0.2, 0) is 6.42 Å². The van der Waals surface area contributed by atoms with Gasteiger partial charge in [-0.2, -0.15) is 4.98 Å². The highest BCUT2D eigenvalue weighted by Crippen LogP contribution is 2.32. The summed E-state index contributed by atoms with van der Waals surface area (Å²) in [7, 11) is 0. The minimum absolute atomic E-state index is 0.215. The van der Waals surface area contributed by atoms with E-state index >= 15 is 0 Å². The van der Waals surface area contributed by atoms with Crippen LogP contribution in [0.4, 0.5) is 5.69 Å². The van der Waals surface area contributed by atoms with Crippen LogP contribution in [0.3, 0.4) is 0 Å². The molecule has 1 aliphatic heterocycles. The lowest BCUT2D eigenvalue weighted by Gasteiger charge is -2.28. The van der Waals surface area contributed by atoms with Crippen molar-refractivity contribution in [2.75, 3.05) is 18.0 Å². The number of pyridine rings is 1. The second-order valence-electron chi connectivity index (χ2n) is 8.41. The molecule has 8 heteroatoms. The number of nitrogens with one attached hydrogen (secondary N) is 1. The summed E-state index contributed by atoms with van der Waals surface area (Å²) in [4.78, 5) is 26.1. The number of hydrogen-bond acceptors (Lipinski definition) is 5. The highest BCUT2D eigenvalue weighted by Gasteiger charge is 2.16. The third kappa shape index (κ3) is 4.43. The fourth-order valence-corrected chi connectivity index (χ4v) is 4.63. The van der Waals surface area contributed by atoms with E-state index in [-0.39, 0.29) is 11.6 Å². The number of anilines is 1. The number of imidazole rings is 1. The van der Waals surface area contributed by atoms with Gasteiger partial charge < -0.3 is 19.7 Å². The highest BCUT2D eigenvalue weighted by molar-refractivity contribution is 6.33. The van der Waals surface area contributed by atoms with Crippen molar-refractivity contribution in [2.45, 2.75) is 32.6 Å². The van der Waals surface area contributed by atoms with Crippen molar-refractivity contribution in [2.24, 2.45) is 0 Å². The molecule has 0 bridgehead atoms. The van der Waals surface area contributed by atoms with Crippen LogP contribution in [0.1, 0.15) is 42.1 Å². The molecule has 0 saturated carbocycles. The number of H-pyrrole nitrogens is 1. The minimum Gasteiger partial charge on any atom is -0.478 e. The van der Waals surface area contributed by atoms with Crippen LogP contribution in [0.15, 0.2) is 48.5 Å². The molecule has 1 saturated heterocycles. The Morgan fingerprint density at radius 2 is 1.85 bits per heavy atom. The van der Waals surface area contributed by atoms with Crippen LogP contribution >= 0.6 is 11.6 Å². The lowest BCUT2D eigenvalue weighted by molar-refractivity contribution is 0.0695. The molecule has 1 aliphatic rings. The Hall–Kier alpha value is -3.58. The van der Waals surface area contributed by atoms with Gasteiger partial charge in [0.1, 0.15) is 5.75 Å². The molecule has 0 atom stereocenters. The predicted molar refractivity (Wildman–Crippen MR) is 133 cm³/mol. The maximum absolute atomic E-state index is 11.5. The van der Waals surface area contributed by atoms with E-state index in [0.29, 0.717) is 34.1 Å². The zero-order valence-electron chi connectivity index (χ0n) is 18.8. The quantitative estimate of drug-likeness (QED) is 0.338. The van der Waals surface area contributed by atoms with Crippen molar-refractivity contribution in [3.05, 3.63) is 64.7 Å². The van der Waals surface area contributed by atoms with Gasteiger partial charge in [-0.15, -0.1) is 0 Å². The Morgan fingerprint density at radius 3 is 2.56 bits per heavy atom. The number of aromatic amines is 1. The molecule has 4 aromatic rings. The van der Waals surface area contributed by atoms with Gasteiger partial charge in [0.25, 0.3) is 0 Å². The first-order valence-corrected chi connectivity index (χ1v) is 11.9. The molecular formula is C26H25ClN4O3. The average molecular weight is 477 g/mol. The molecule has 0 spiro atoms. The summed E-state index contributed by atoms with van der Waals surface area (Å²) in [5.41, 5.74) is 4.85. The van der Waals surface area contributed by atoms with E-state index in [0.717, 1.165) is 24.2 Å². The van der Waals surface area contributed by atoms with Gasteiger partial charge in [-0.05, 0) is 61.6 Å². The highest BCUT2D eigenvalue weighted by atomic mass is 35.5. The van der Waals surface area contributed by atoms with Crippen LogP contribution < -0.4 is 9.64 Å². The number of carboxylic acid groups (broad SMARTS) is 1. The van der Waals surface area contributed by atoms with Crippen molar-refractivity contribution in [3.63, 3.8) is 0 Å². The first-order valence-electron chi connectivity index (χ1n) is 11.5. The number of benzene rings is 2. The number of carbonyl (C=O) groups is 1. The van der Waals surface area contributed by atoms with Gasteiger partial charge in [-0.25, -0.2) is 9.78 Å². The topological polar surface area (TPSA) is 91.3 Å². The molecule has 174 valence electrons. The van der Waals surface area contributed by atoms with Crippen molar-refractivity contribution >= 4 is 34.4 Å². The first-order chi connectivity index (χ1) is 16.5. The number of nitrogens with zero attached hydrogens (tertiary/aromatic N) is 3. The Bertz CT molecular complexity index is 1340. The van der Waals surface area contributed by atoms with Crippen LogP contribution in [0, 0.1) is 0 Å². The van der Waals surface area contributed by atoms with Crippen LogP contribution in [0.5, 0.6) is 11.8 Å². The van der Waals surface area contributed by atoms with Gasteiger partial charge in [0, 0.05) is 24.3 Å². The van der Waals surface area contributed by atoms with E-state index in [9.17, 15) is 9.90 Å². The maximum Gasteiger partial charge on any atom is 0.336 e. The third-order valence-electron chi connectivity index (χ3n) is 6.17. The van der Waals surface area contributed by atoms with E-state index in [1.807, 2.05) is 19.1 Å². The molecule has 2 aromatic carbocycles. The number of carboxylic acids is 1. The number of fused-ring (bicyclic) bond motifs is 1. The molecule has 1 fully saturated rings. The van der Waals surface area contributed by atoms with Crippen LogP contribution in [0.2, 0.25) is 5.02 Å². The zero-order chi connectivity index (χ0) is 23.7. The summed E-state index contributed by atoms with van der Waals surface area (Å²) in [5, 5.41) is 9.96. The zero-order valence-corrected chi connectivity index (χ0v) is 19.6. The summed E-state index contributed by atoms with van der Waals surface area (Å²) in [5.74, 6) is -0.607. The predicted octanol–water partition coefficient (Wildman–Crippen LogP) is 6.32. The third-order valence-corrected chi connectivity index (χ3v) is 6.46. The number of aromatic nitrogens is 3. The fraction of sp³-hybridized carbons (Fsp3) is 0.269. The number of piperidine rings is 1. The largest absolute Gasteiger partial charge is 0.478 e. The molecule has 0 unspecified atom stereocenters. The molecular weight excluding hydrogens is 452 g/mol. The summed E-state index contributed by atoms with van der Waals surface area (Å²) in [6.45, 7) is 4.10. The molecule has 3 heterocycles. The van der Waals surface area contributed by atoms with Gasteiger partial charge in [0.05, 0.1) is 21.8 Å². The van der Waals surface area contributed by atoms with E-state index in [4.69, 9.17) is 16.3 Å². The van der Waals surface area contributed by atoms with E-state index in [1.165, 1.54) is 31.0 Å². The number of halogens is 1. The number of rotatable bonds is 6. The first kappa shape index (κ1) is 22.2. The van der Waals surface area contributed by atoms with Crippen molar-refractivity contribution in [1.29, 1.82) is 0 Å². The molecule has 34 heavy (non-hydrogen) atoms. The molecule has 0 amide bonds. The van der Waals surface area contributed by atoms with E-state index in [1.54, 1.807) is 18.2 Å². The Morgan fingerprint density at radius 1 is 1.09 bits per heavy atom. The lowest BCUT2D eigenvalue weighted by atomic mass is 10.1. The van der Waals surface area contributed by atoms with Gasteiger partial charge in [-0.1, -0.05) is 36.7 Å². The molecule has 2 N–H and O–H groups in total. The van der Waals surface area contributed by atoms with Crippen molar-refractivity contribution in [3.8, 4) is 23.0 Å². The second-order valence-corrected chi connectivity index (χ2v) is 8.81. The van der Waals surface area contributed by atoms with Gasteiger partial charge in [0.15, 0.2) is 5.65 Å². The molecule has 2 aromatic heterocycles. The second kappa shape index (κ2) is 9.35. The monoisotopic (exact) mass is 476 g/mol. The van der Waals surface area contributed by atoms with E-state index < -0.39 is 5.97 Å². The van der Waals surface area contributed by atoms with Crippen molar-refractivity contribution in [1.82, 2.24) is 15.0 Å². The lowest BCUT2D eigenvalue weighted by Crippen LogP contribution is -2.29. The fourth-order valence-electron chi connectivity index (χ4n) is 4.37. The maximum atomic E-state index is 11.5. The molecule has 5 rings (SSSR count). The Labute approximate surface area is 202 Å². The SMILES string of the molecule is CCc1ccc(Oc2nc3nc(-c4ccc(N5CCCCC5)cc4)c(Cl)cc3[nH]2)cc1C(=O)O. The number of aromatic carboxylic acids is 1. The standard InChI is InChI=1S/C26H25ClN4O3/c1-2-16-8-11-19(14-20(16)25(32)33)34-26-28-22-15-21(27)23(29-24(22)30-26)17-6-9-18(10-7-17)31-12-4-3-5-13-31/h6-11,14-15H,2-5,12-13H2,1H3,(H,32,33)(H,28,29,30). The minimum atomic E-state index is -0.990.